The zero-order chi connectivity index (χ0) is 10.8. The van der Waals surface area contributed by atoms with Crippen LogP contribution in [0.15, 0.2) is 36.4 Å². The summed E-state index contributed by atoms with van der Waals surface area (Å²) in [5.41, 5.74) is 0.414. The van der Waals surface area contributed by atoms with Crippen LogP contribution in [0.4, 0.5) is 0 Å². The minimum atomic E-state index is -1.26. The number of aromatic carboxylic acids is 1. The maximum Gasteiger partial charge on any atom is 0.0998 e. The second-order valence-corrected chi connectivity index (χ2v) is 3.11. The molecule has 0 aliphatic carbocycles. The van der Waals surface area contributed by atoms with Gasteiger partial charge in [0, 0.05) is 10.9 Å². The highest BCUT2D eigenvalue weighted by Gasteiger charge is 2.05. The van der Waals surface area contributed by atoms with E-state index in [1.54, 1.807) is 30.3 Å². The summed E-state index contributed by atoms with van der Waals surface area (Å²) in [5, 5.41) is 20.9. The molecule has 2 rings (SSSR count). The number of rotatable bonds is 1. The van der Waals surface area contributed by atoms with Gasteiger partial charge in [-0.2, -0.15) is 5.26 Å². The van der Waals surface area contributed by atoms with E-state index in [2.05, 4.69) is 0 Å². The zero-order valence-electron chi connectivity index (χ0n) is 7.73. The second-order valence-electron chi connectivity index (χ2n) is 3.11. The Hall–Kier alpha value is -2.34. The summed E-state index contributed by atoms with van der Waals surface area (Å²) in [6.07, 6.45) is 0. The number of hydrogen-bond donors (Lipinski definition) is 0. The van der Waals surface area contributed by atoms with E-state index in [1.165, 1.54) is 6.07 Å². The molecule has 2 aromatic carbocycles. The largest absolute Gasteiger partial charge is 0.545 e. The number of carbonyl (C=O) groups is 1. The van der Waals surface area contributed by atoms with Crippen LogP contribution in [0.5, 0.6) is 0 Å². The lowest BCUT2D eigenvalue weighted by Crippen LogP contribution is -2.22. The van der Waals surface area contributed by atoms with Crippen LogP contribution in [0.1, 0.15) is 15.9 Å². The van der Waals surface area contributed by atoms with Crippen LogP contribution >= 0.6 is 0 Å². The fourth-order valence-electron chi connectivity index (χ4n) is 1.60. The molecule has 0 amide bonds. The van der Waals surface area contributed by atoms with Crippen LogP contribution in [-0.4, -0.2) is 5.97 Å². The third-order valence-corrected chi connectivity index (χ3v) is 2.25. The number of fused-ring (bicyclic) bond motifs is 1. The molecule has 0 radical (unpaired) electrons. The average molecular weight is 196 g/mol. The Labute approximate surface area is 86.2 Å². The van der Waals surface area contributed by atoms with Crippen molar-refractivity contribution in [3.05, 3.63) is 47.5 Å². The number of nitriles is 1. The van der Waals surface area contributed by atoms with Gasteiger partial charge in [-0.15, -0.1) is 0 Å². The number of carboxylic acids is 1. The molecule has 0 bridgehead atoms. The maximum absolute atomic E-state index is 10.9. The molecule has 0 heterocycles. The van der Waals surface area contributed by atoms with Crippen LogP contribution in [0.2, 0.25) is 0 Å². The lowest BCUT2D eigenvalue weighted by Gasteiger charge is -2.08. The molecule has 0 aromatic heterocycles. The van der Waals surface area contributed by atoms with Crippen molar-refractivity contribution < 1.29 is 9.90 Å². The minimum absolute atomic E-state index is 0.0599. The van der Waals surface area contributed by atoms with Gasteiger partial charge in [0.05, 0.1) is 17.6 Å². The highest BCUT2D eigenvalue weighted by molar-refractivity contribution is 6.05. The first-order chi connectivity index (χ1) is 7.24. The number of benzene rings is 2. The van der Waals surface area contributed by atoms with E-state index in [9.17, 15) is 9.90 Å². The lowest BCUT2D eigenvalue weighted by molar-refractivity contribution is -0.254. The van der Waals surface area contributed by atoms with Gasteiger partial charge < -0.3 is 9.90 Å². The molecule has 3 heteroatoms. The lowest BCUT2D eigenvalue weighted by atomic mass is 10.00. The van der Waals surface area contributed by atoms with Crippen molar-refractivity contribution in [2.45, 2.75) is 0 Å². The Bertz CT molecular complexity index is 576. The van der Waals surface area contributed by atoms with Crippen molar-refractivity contribution in [1.29, 1.82) is 5.26 Å². The van der Waals surface area contributed by atoms with Gasteiger partial charge in [-0.25, -0.2) is 0 Å². The SMILES string of the molecule is N#Cc1cccc2cccc(C(=O)[O-])c12. The zero-order valence-corrected chi connectivity index (χ0v) is 7.73. The summed E-state index contributed by atoms with van der Waals surface area (Å²) in [6, 6.07) is 11.9. The predicted octanol–water partition coefficient (Wildman–Crippen LogP) is 1.07. The summed E-state index contributed by atoms with van der Waals surface area (Å²) in [6.45, 7) is 0. The molecule has 0 spiro atoms. The maximum atomic E-state index is 10.9. The first-order valence-corrected chi connectivity index (χ1v) is 4.37. The molecule has 3 nitrogen and oxygen atoms in total. The summed E-state index contributed by atoms with van der Waals surface area (Å²) in [4.78, 5) is 10.9. The smallest absolute Gasteiger partial charge is 0.0998 e. The fourth-order valence-corrected chi connectivity index (χ4v) is 1.60. The molecule has 0 atom stereocenters. The van der Waals surface area contributed by atoms with Crippen molar-refractivity contribution in [1.82, 2.24) is 0 Å². The number of hydrogen-bond acceptors (Lipinski definition) is 3. The van der Waals surface area contributed by atoms with Crippen LogP contribution < -0.4 is 5.11 Å². The Kier molecular flexibility index (Phi) is 2.11. The summed E-state index contributed by atoms with van der Waals surface area (Å²) >= 11 is 0. The van der Waals surface area contributed by atoms with Crippen LogP contribution in [0.25, 0.3) is 10.8 Å². The van der Waals surface area contributed by atoms with Crippen molar-refractivity contribution >= 4 is 16.7 Å². The minimum Gasteiger partial charge on any atom is -0.545 e. The van der Waals surface area contributed by atoms with E-state index < -0.39 is 5.97 Å². The van der Waals surface area contributed by atoms with Crippen molar-refractivity contribution in [3.8, 4) is 6.07 Å². The first-order valence-electron chi connectivity index (χ1n) is 4.37. The Morgan fingerprint density at radius 1 is 1.20 bits per heavy atom. The molecule has 15 heavy (non-hydrogen) atoms. The van der Waals surface area contributed by atoms with E-state index in [4.69, 9.17) is 5.26 Å². The molecule has 0 unspecified atom stereocenters. The van der Waals surface area contributed by atoms with Crippen molar-refractivity contribution in [2.24, 2.45) is 0 Å². The van der Waals surface area contributed by atoms with Gasteiger partial charge in [-0.3, -0.25) is 0 Å². The monoisotopic (exact) mass is 196 g/mol. The average Bonchev–Trinajstić information content (AvgIpc) is 2.27. The first kappa shape index (κ1) is 9.22. The number of carboxylic acid groups (broad SMARTS) is 1. The van der Waals surface area contributed by atoms with Gasteiger partial charge in [-0.1, -0.05) is 30.3 Å². The molecule has 0 saturated carbocycles. The van der Waals surface area contributed by atoms with Gasteiger partial charge in [0.15, 0.2) is 0 Å². The van der Waals surface area contributed by atoms with Crippen molar-refractivity contribution in [3.63, 3.8) is 0 Å². The topological polar surface area (TPSA) is 63.9 Å². The third kappa shape index (κ3) is 1.42. The number of carbonyl (C=O) groups excluding carboxylic acids is 1. The molecule has 2 aromatic rings. The van der Waals surface area contributed by atoms with E-state index >= 15 is 0 Å². The highest BCUT2D eigenvalue weighted by Crippen LogP contribution is 2.22. The van der Waals surface area contributed by atoms with E-state index in [0.29, 0.717) is 10.9 Å². The molecule has 0 aliphatic rings. The van der Waals surface area contributed by atoms with E-state index in [-0.39, 0.29) is 5.56 Å². The highest BCUT2D eigenvalue weighted by atomic mass is 16.4. The standard InChI is InChI=1S/C12H7NO2/c13-7-9-5-1-3-8-4-2-6-10(11(8)9)12(14)15/h1-6H,(H,14,15)/p-1. The molecule has 0 saturated heterocycles. The van der Waals surface area contributed by atoms with Crippen LogP contribution in [0.3, 0.4) is 0 Å². The second kappa shape index (κ2) is 3.43. The Morgan fingerprint density at radius 3 is 2.47 bits per heavy atom. The Balaban J connectivity index is 2.95. The van der Waals surface area contributed by atoms with Crippen molar-refractivity contribution in [2.75, 3.05) is 0 Å². The molecule has 72 valence electrons. The Morgan fingerprint density at radius 2 is 1.87 bits per heavy atom. The molecular weight excluding hydrogens is 190 g/mol. The predicted molar refractivity (Wildman–Crippen MR) is 53.0 cm³/mol. The van der Waals surface area contributed by atoms with E-state index in [0.717, 1.165) is 5.39 Å². The van der Waals surface area contributed by atoms with Gasteiger partial charge >= 0.3 is 0 Å². The van der Waals surface area contributed by atoms with Gasteiger partial charge in [0.1, 0.15) is 0 Å². The number of nitrogens with zero attached hydrogens (tertiary/aromatic N) is 1. The normalized spacial score (nSPS) is 9.80. The van der Waals surface area contributed by atoms with Gasteiger partial charge in [0.2, 0.25) is 0 Å². The molecule has 0 fully saturated rings. The van der Waals surface area contributed by atoms with Crippen LogP contribution in [-0.2, 0) is 0 Å². The third-order valence-electron chi connectivity index (χ3n) is 2.25. The molecule has 0 N–H and O–H groups in total. The van der Waals surface area contributed by atoms with Gasteiger partial charge in [0.25, 0.3) is 0 Å². The fraction of sp³-hybridized carbons (Fsp3) is 0. The van der Waals surface area contributed by atoms with E-state index in [1.807, 2.05) is 6.07 Å². The quantitative estimate of drug-likeness (QED) is 0.685. The summed E-state index contributed by atoms with van der Waals surface area (Å²) in [5.74, 6) is -1.26. The van der Waals surface area contributed by atoms with Gasteiger partial charge in [-0.05, 0) is 11.5 Å². The summed E-state index contributed by atoms with van der Waals surface area (Å²) < 4.78 is 0. The molecule has 0 aliphatic heterocycles. The molecular formula is C12H6NO2-. The van der Waals surface area contributed by atoms with Crippen LogP contribution in [0, 0.1) is 11.3 Å². The summed E-state index contributed by atoms with van der Waals surface area (Å²) in [7, 11) is 0.